The van der Waals surface area contributed by atoms with Crippen LogP contribution in [0.5, 0.6) is 0 Å². The van der Waals surface area contributed by atoms with Crippen molar-refractivity contribution < 1.29 is 19.4 Å². The molecule has 148 valence electrons. The Morgan fingerprint density at radius 1 is 0.862 bits per heavy atom. The lowest BCUT2D eigenvalue weighted by molar-refractivity contribution is 0.0526. The second-order valence-corrected chi connectivity index (χ2v) is 6.97. The first-order chi connectivity index (χ1) is 13.9. The Hall–Kier alpha value is -3.44. The summed E-state index contributed by atoms with van der Waals surface area (Å²) in [5.74, 6) is -0.790. The largest absolute Gasteiger partial charge is 0.465 e. The summed E-state index contributed by atoms with van der Waals surface area (Å²) in [6.45, 7) is 1.71. The van der Waals surface area contributed by atoms with Crippen molar-refractivity contribution in [3.63, 3.8) is 0 Å². The highest BCUT2D eigenvalue weighted by Crippen LogP contribution is 2.25. The van der Waals surface area contributed by atoms with Crippen molar-refractivity contribution in [2.24, 2.45) is 0 Å². The molecular formula is C24H23NO4. The molecule has 0 heterocycles. The first kappa shape index (κ1) is 20.3. The highest BCUT2D eigenvalue weighted by Gasteiger charge is 2.24. The molecule has 0 aliphatic heterocycles. The fourth-order valence-corrected chi connectivity index (χ4v) is 2.98. The molecule has 3 rings (SSSR count). The third kappa shape index (κ3) is 4.89. The quantitative estimate of drug-likeness (QED) is 0.629. The predicted molar refractivity (Wildman–Crippen MR) is 112 cm³/mol. The molecule has 0 unspecified atom stereocenters. The Morgan fingerprint density at radius 3 is 2.00 bits per heavy atom. The van der Waals surface area contributed by atoms with Crippen molar-refractivity contribution in [2.45, 2.75) is 12.5 Å². The molecule has 0 spiro atoms. The van der Waals surface area contributed by atoms with Crippen molar-refractivity contribution in [1.82, 2.24) is 5.32 Å². The van der Waals surface area contributed by atoms with Gasteiger partial charge in [-0.1, -0.05) is 54.6 Å². The molecule has 0 aromatic heterocycles. The van der Waals surface area contributed by atoms with Gasteiger partial charge in [0.1, 0.15) is 5.60 Å². The van der Waals surface area contributed by atoms with E-state index < -0.39 is 11.6 Å². The Bertz CT molecular complexity index is 978. The lowest BCUT2D eigenvalue weighted by Crippen LogP contribution is -2.38. The van der Waals surface area contributed by atoms with E-state index in [1.54, 1.807) is 19.1 Å². The average molecular weight is 389 g/mol. The molecule has 0 saturated carbocycles. The predicted octanol–water partition coefficient (Wildman–Crippen LogP) is 3.78. The molecule has 5 nitrogen and oxygen atoms in total. The maximum absolute atomic E-state index is 12.4. The molecule has 0 bridgehead atoms. The molecule has 3 aromatic rings. The van der Waals surface area contributed by atoms with Gasteiger partial charge in [0, 0.05) is 5.56 Å². The van der Waals surface area contributed by atoms with E-state index in [4.69, 9.17) is 0 Å². The Labute approximate surface area is 170 Å². The van der Waals surface area contributed by atoms with Crippen LogP contribution in [-0.4, -0.2) is 30.6 Å². The summed E-state index contributed by atoms with van der Waals surface area (Å²) in [4.78, 5) is 23.8. The zero-order valence-corrected chi connectivity index (χ0v) is 16.4. The second-order valence-electron chi connectivity index (χ2n) is 6.97. The number of carbonyl (C=O) groups excluding carboxylic acids is 2. The molecule has 0 aliphatic carbocycles. The van der Waals surface area contributed by atoms with Crippen LogP contribution in [0.1, 0.15) is 33.2 Å². The van der Waals surface area contributed by atoms with E-state index in [9.17, 15) is 14.7 Å². The van der Waals surface area contributed by atoms with Crippen LogP contribution in [0.4, 0.5) is 0 Å². The van der Waals surface area contributed by atoms with Crippen LogP contribution in [0.3, 0.4) is 0 Å². The molecule has 1 atom stereocenters. The maximum Gasteiger partial charge on any atom is 0.337 e. The Balaban J connectivity index is 1.64. The number of benzene rings is 3. The van der Waals surface area contributed by atoms with Crippen molar-refractivity contribution >= 4 is 11.9 Å². The molecule has 0 fully saturated rings. The summed E-state index contributed by atoms with van der Waals surface area (Å²) in [6, 6.07) is 23.8. The van der Waals surface area contributed by atoms with Crippen molar-refractivity contribution in [3.8, 4) is 11.1 Å². The molecule has 0 radical (unpaired) electrons. The molecular weight excluding hydrogens is 366 g/mol. The number of methoxy groups -OCH3 is 1. The summed E-state index contributed by atoms with van der Waals surface area (Å²) in [6.07, 6.45) is 0. The van der Waals surface area contributed by atoms with Gasteiger partial charge >= 0.3 is 5.97 Å². The number of carbonyl (C=O) groups is 2. The number of amides is 1. The molecule has 1 amide bonds. The van der Waals surface area contributed by atoms with Gasteiger partial charge in [-0.25, -0.2) is 4.79 Å². The summed E-state index contributed by atoms with van der Waals surface area (Å²) in [5.41, 5.74) is 2.40. The lowest BCUT2D eigenvalue weighted by Gasteiger charge is -2.24. The number of nitrogens with one attached hydrogen (secondary N) is 1. The van der Waals surface area contributed by atoms with Gasteiger partial charge in [0.05, 0.1) is 19.2 Å². The van der Waals surface area contributed by atoms with Gasteiger partial charge < -0.3 is 15.2 Å². The van der Waals surface area contributed by atoms with E-state index in [0.717, 1.165) is 11.1 Å². The first-order valence-corrected chi connectivity index (χ1v) is 9.25. The van der Waals surface area contributed by atoms with E-state index in [-0.39, 0.29) is 12.5 Å². The van der Waals surface area contributed by atoms with Crippen LogP contribution in [0, 0.1) is 0 Å². The Morgan fingerprint density at radius 2 is 1.41 bits per heavy atom. The smallest absolute Gasteiger partial charge is 0.337 e. The van der Waals surface area contributed by atoms with Crippen LogP contribution in [-0.2, 0) is 10.3 Å². The maximum atomic E-state index is 12.4. The highest BCUT2D eigenvalue weighted by molar-refractivity contribution is 5.96. The summed E-state index contributed by atoms with van der Waals surface area (Å²) >= 11 is 0. The molecule has 0 saturated heterocycles. The average Bonchev–Trinajstić information content (AvgIpc) is 2.78. The van der Waals surface area contributed by atoms with E-state index in [1.165, 1.54) is 19.2 Å². The van der Waals surface area contributed by atoms with Gasteiger partial charge in [-0.05, 0) is 47.9 Å². The van der Waals surface area contributed by atoms with Gasteiger partial charge in [-0.2, -0.15) is 0 Å². The standard InChI is InChI=1S/C24H23NO4/c1-24(28,21-14-12-18(13-15-21)17-6-4-3-5-7-17)16-25-22(26)19-8-10-20(11-9-19)23(27)29-2/h3-15,28H,16H2,1-2H3,(H,25,26)/t24-/m0/s1. The number of ether oxygens (including phenoxy) is 1. The minimum atomic E-state index is -1.23. The van der Waals surface area contributed by atoms with Gasteiger partial charge in [0.25, 0.3) is 5.91 Å². The Kier molecular flexibility index (Phi) is 6.10. The number of aliphatic hydroxyl groups is 1. The molecule has 0 aliphatic rings. The number of esters is 1. The van der Waals surface area contributed by atoms with Crippen molar-refractivity contribution in [3.05, 3.63) is 95.6 Å². The molecule has 5 heteroatoms. The number of hydrogen-bond donors (Lipinski definition) is 2. The fourth-order valence-electron chi connectivity index (χ4n) is 2.98. The van der Waals surface area contributed by atoms with Gasteiger partial charge in [-0.15, -0.1) is 0 Å². The molecule has 29 heavy (non-hydrogen) atoms. The van der Waals surface area contributed by atoms with Crippen LogP contribution in [0.2, 0.25) is 0 Å². The zero-order chi connectivity index (χ0) is 20.9. The van der Waals surface area contributed by atoms with Crippen LogP contribution < -0.4 is 5.32 Å². The van der Waals surface area contributed by atoms with Crippen LogP contribution in [0.25, 0.3) is 11.1 Å². The normalized spacial score (nSPS) is 12.7. The van der Waals surface area contributed by atoms with E-state index in [0.29, 0.717) is 16.7 Å². The SMILES string of the molecule is COC(=O)c1ccc(C(=O)NC[C@](C)(O)c2ccc(-c3ccccc3)cc2)cc1. The van der Waals surface area contributed by atoms with E-state index in [1.807, 2.05) is 54.6 Å². The highest BCUT2D eigenvalue weighted by atomic mass is 16.5. The number of hydrogen-bond acceptors (Lipinski definition) is 4. The van der Waals surface area contributed by atoms with Crippen LogP contribution in [0.15, 0.2) is 78.9 Å². The lowest BCUT2D eigenvalue weighted by atomic mass is 9.93. The van der Waals surface area contributed by atoms with E-state index >= 15 is 0 Å². The first-order valence-electron chi connectivity index (χ1n) is 9.25. The monoisotopic (exact) mass is 389 g/mol. The molecule has 2 N–H and O–H groups in total. The van der Waals surface area contributed by atoms with E-state index in [2.05, 4.69) is 10.1 Å². The minimum Gasteiger partial charge on any atom is -0.465 e. The van der Waals surface area contributed by atoms with Gasteiger partial charge in [0.2, 0.25) is 0 Å². The van der Waals surface area contributed by atoms with Gasteiger partial charge in [-0.3, -0.25) is 4.79 Å². The fraction of sp³-hybridized carbons (Fsp3) is 0.167. The summed E-state index contributed by atoms with van der Waals surface area (Å²) in [7, 11) is 1.30. The van der Waals surface area contributed by atoms with Crippen molar-refractivity contribution in [1.29, 1.82) is 0 Å². The topological polar surface area (TPSA) is 75.6 Å². The minimum absolute atomic E-state index is 0.0509. The summed E-state index contributed by atoms with van der Waals surface area (Å²) in [5, 5.41) is 13.6. The van der Waals surface area contributed by atoms with Gasteiger partial charge in [0.15, 0.2) is 0 Å². The van der Waals surface area contributed by atoms with Crippen LogP contribution >= 0.6 is 0 Å². The second kappa shape index (κ2) is 8.71. The summed E-state index contributed by atoms with van der Waals surface area (Å²) < 4.78 is 4.64. The zero-order valence-electron chi connectivity index (χ0n) is 16.4. The molecule has 3 aromatic carbocycles. The van der Waals surface area contributed by atoms with Crippen molar-refractivity contribution in [2.75, 3.05) is 13.7 Å². The third-order valence-corrected chi connectivity index (χ3v) is 4.78. The third-order valence-electron chi connectivity index (χ3n) is 4.78. The number of rotatable bonds is 6.